The summed E-state index contributed by atoms with van der Waals surface area (Å²) >= 11 is 0. The smallest absolute Gasteiger partial charge is 0.345 e. The van der Waals surface area contributed by atoms with E-state index < -0.39 is 23.4 Å². The molecule has 0 aromatic heterocycles. The van der Waals surface area contributed by atoms with Gasteiger partial charge in [0.2, 0.25) is 0 Å². The number of ether oxygens (including phenoxy) is 3. The molecule has 2 rings (SSSR count). The van der Waals surface area contributed by atoms with E-state index >= 15 is 0 Å². The summed E-state index contributed by atoms with van der Waals surface area (Å²) in [7, 11) is 2.94. The number of benzene rings is 2. The van der Waals surface area contributed by atoms with Crippen molar-refractivity contribution >= 4 is 23.3 Å². The van der Waals surface area contributed by atoms with Crippen LogP contribution in [0.4, 0.5) is 11.4 Å². The number of hydrogen-bond acceptors (Lipinski definition) is 7. The van der Waals surface area contributed by atoms with Crippen molar-refractivity contribution < 1.29 is 28.7 Å². The number of methoxy groups -OCH3 is 2. The van der Waals surface area contributed by atoms with E-state index in [0.29, 0.717) is 22.7 Å². The minimum absolute atomic E-state index is 0.212. The van der Waals surface area contributed by atoms with Gasteiger partial charge in [-0.2, -0.15) is 0 Å². The molecule has 2 aromatic rings. The van der Waals surface area contributed by atoms with Gasteiger partial charge in [-0.25, -0.2) is 4.79 Å². The maximum Gasteiger partial charge on any atom is 0.345 e. The first-order chi connectivity index (χ1) is 12.8. The van der Waals surface area contributed by atoms with Gasteiger partial charge >= 0.3 is 5.97 Å². The number of aryl methyl sites for hydroxylation is 1. The molecule has 0 spiro atoms. The summed E-state index contributed by atoms with van der Waals surface area (Å²) in [5, 5.41) is 13.7. The molecule has 1 amide bonds. The monoisotopic (exact) mass is 374 g/mol. The maximum absolute atomic E-state index is 12.1. The van der Waals surface area contributed by atoms with Crippen LogP contribution in [0.2, 0.25) is 0 Å². The van der Waals surface area contributed by atoms with Crippen LogP contribution in [-0.2, 0) is 9.53 Å². The fourth-order valence-electron chi connectivity index (χ4n) is 2.35. The van der Waals surface area contributed by atoms with Crippen LogP contribution >= 0.6 is 0 Å². The summed E-state index contributed by atoms with van der Waals surface area (Å²) in [6.07, 6.45) is 0. The first-order valence-electron chi connectivity index (χ1n) is 7.79. The Morgan fingerprint density at radius 1 is 1.11 bits per heavy atom. The summed E-state index contributed by atoms with van der Waals surface area (Å²) in [6.45, 7) is 0.904. The zero-order valence-corrected chi connectivity index (χ0v) is 15.0. The van der Waals surface area contributed by atoms with Gasteiger partial charge in [-0.05, 0) is 13.0 Å². The molecule has 0 unspecified atom stereocenters. The van der Waals surface area contributed by atoms with Gasteiger partial charge in [0.1, 0.15) is 17.1 Å². The number of nitrogens with one attached hydrogen (secondary N) is 1. The quantitative estimate of drug-likeness (QED) is 0.450. The molecule has 0 radical (unpaired) electrons. The van der Waals surface area contributed by atoms with Gasteiger partial charge < -0.3 is 19.5 Å². The van der Waals surface area contributed by atoms with E-state index in [-0.39, 0.29) is 11.3 Å². The van der Waals surface area contributed by atoms with Crippen LogP contribution in [0.3, 0.4) is 0 Å². The predicted octanol–water partition coefficient (Wildman–Crippen LogP) is 2.72. The van der Waals surface area contributed by atoms with Gasteiger partial charge in [-0.1, -0.05) is 12.1 Å². The number of anilines is 1. The third-order valence-corrected chi connectivity index (χ3v) is 3.61. The topological polar surface area (TPSA) is 117 Å². The van der Waals surface area contributed by atoms with Crippen molar-refractivity contribution in [1.82, 2.24) is 0 Å². The highest BCUT2D eigenvalue weighted by atomic mass is 16.6. The van der Waals surface area contributed by atoms with Crippen molar-refractivity contribution in [2.75, 3.05) is 26.1 Å². The number of amides is 1. The molecule has 0 bridgehead atoms. The lowest BCUT2D eigenvalue weighted by atomic mass is 10.1. The molecule has 27 heavy (non-hydrogen) atoms. The van der Waals surface area contributed by atoms with Crippen LogP contribution < -0.4 is 14.8 Å². The number of esters is 1. The molecule has 9 heteroatoms. The Labute approximate surface area is 155 Å². The molecule has 0 saturated heterocycles. The van der Waals surface area contributed by atoms with Crippen LogP contribution in [0.1, 0.15) is 15.9 Å². The largest absolute Gasteiger partial charge is 0.497 e. The van der Waals surface area contributed by atoms with Crippen LogP contribution in [0.15, 0.2) is 36.4 Å². The van der Waals surface area contributed by atoms with Crippen molar-refractivity contribution in [3.8, 4) is 11.5 Å². The zero-order valence-electron chi connectivity index (χ0n) is 15.0. The molecule has 142 valence electrons. The van der Waals surface area contributed by atoms with E-state index in [2.05, 4.69) is 5.32 Å². The number of hydrogen-bond donors (Lipinski definition) is 1. The van der Waals surface area contributed by atoms with Gasteiger partial charge in [0.15, 0.2) is 6.61 Å². The first kappa shape index (κ1) is 19.7. The summed E-state index contributed by atoms with van der Waals surface area (Å²) < 4.78 is 15.1. The minimum atomic E-state index is -0.955. The summed E-state index contributed by atoms with van der Waals surface area (Å²) in [6, 6.07) is 9.05. The number of nitrogens with zero attached hydrogens (tertiary/aromatic N) is 1. The molecular weight excluding hydrogens is 356 g/mol. The van der Waals surface area contributed by atoms with Gasteiger partial charge in [0, 0.05) is 29.4 Å². The van der Waals surface area contributed by atoms with Gasteiger partial charge in [0.05, 0.1) is 19.1 Å². The molecule has 0 heterocycles. The van der Waals surface area contributed by atoms with Crippen LogP contribution in [0.5, 0.6) is 11.5 Å². The van der Waals surface area contributed by atoms with Gasteiger partial charge in [0.25, 0.3) is 11.6 Å². The Morgan fingerprint density at radius 3 is 2.30 bits per heavy atom. The van der Waals surface area contributed by atoms with Crippen LogP contribution in [0.25, 0.3) is 0 Å². The van der Waals surface area contributed by atoms with E-state index in [1.807, 2.05) is 0 Å². The fraction of sp³-hybridized carbons (Fsp3) is 0.222. The molecule has 0 aliphatic heterocycles. The summed E-state index contributed by atoms with van der Waals surface area (Å²) in [5.74, 6) is -0.633. The zero-order chi connectivity index (χ0) is 20.0. The second-order valence-corrected chi connectivity index (χ2v) is 5.45. The van der Waals surface area contributed by atoms with Crippen molar-refractivity contribution in [3.05, 3.63) is 57.6 Å². The number of rotatable bonds is 7. The summed E-state index contributed by atoms with van der Waals surface area (Å²) in [4.78, 5) is 34.6. The lowest BCUT2D eigenvalue weighted by Gasteiger charge is -2.10. The van der Waals surface area contributed by atoms with Crippen molar-refractivity contribution in [3.63, 3.8) is 0 Å². The van der Waals surface area contributed by atoms with E-state index in [0.717, 1.165) is 0 Å². The van der Waals surface area contributed by atoms with E-state index in [9.17, 15) is 19.7 Å². The third-order valence-electron chi connectivity index (χ3n) is 3.61. The van der Waals surface area contributed by atoms with Crippen molar-refractivity contribution in [2.24, 2.45) is 0 Å². The standard InChI is InChI=1S/C18H18N2O7/c1-11-5-4-6-15(17(11)20(23)24)18(22)27-10-16(21)19-12-7-13(25-2)9-14(8-12)26-3/h4-9H,10H2,1-3H3,(H,19,21). The molecule has 0 atom stereocenters. The van der Waals surface area contributed by atoms with Gasteiger partial charge in [-0.3, -0.25) is 14.9 Å². The highest BCUT2D eigenvalue weighted by Crippen LogP contribution is 2.26. The fourth-order valence-corrected chi connectivity index (χ4v) is 2.35. The lowest BCUT2D eigenvalue weighted by Crippen LogP contribution is -2.21. The van der Waals surface area contributed by atoms with E-state index in [1.54, 1.807) is 18.2 Å². The second-order valence-electron chi connectivity index (χ2n) is 5.45. The number of carbonyl (C=O) groups is 2. The third kappa shape index (κ3) is 4.94. The molecule has 1 N–H and O–H groups in total. The first-order valence-corrected chi connectivity index (χ1v) is 7.79. The number of para-hydroxylation sites is 1. The Kier molecular flexibility index (Phi) is 6.32. The normalized spacial score (nSPS) is 10.0. The lowest BCUT2D eigenvalue weighted by molar-refractivity contribution is -0.385. The summed E-state index contributed by atoms with van der Waals surface area (Å²) in [5.41, 5.74) is 0.146. The molecule has 0 aliphatic carbocycles. The maximum atomic E-state index is 12.1. The highest BCUT2D eigenvalue weighted by molar-refractivity contribution is 5.98. The number of carbonyl (C=O) groups excluding carboxylic acids is 2. The average Bonchev–Trinajstić information content (AvgIpc) is 2.65. The highest BCUT2D eigenvalue weighted by Gasteiger charge is 2.24. The molecular formula is C18H18N2O7. The Hall–Kier alpha value is -3.62. The van der Waals surface area contributed by atoms with E-state index in [4.69, 9.17) is 14.2 Å². The molecule has 0 fully saturated rings. The average molecular weight is 374 g/mol. The SMILES string of the molecule is COc1cc(NC(=O)COC(=O)c2cccc(C)c2[N+](=O)[O-])cc(OC)c1. The molecule has 0 aliphatic rings. The molecule has 9 nitrogen and oxygen atoms in total. The van der Waals surface area contributed by atoms with Crippen LogP contribution in [0, 0.1) is 17.0 Å². The minimum Gasteiger partial charge on any atom is -0.497 e. The Morgan fingerprint density at radius 2 is 1.74 bits per heavy atom. The van der Waals surface area contributed by atoms with Crippen LogP contribution in [-0.4, -0.2) is 37.6 Å². The Bertz CT molecular complexity index is 858. The second kappa shape index (κ2) is 8.65. The number of nitro groups is 1. The van der Waals surface area contributed by atoms with Gasteiger partial charge in [-0.15, -0.1) is 0 Å². The molecule has 2 aromatic carbocycles. The van der Waals surface area contributed by atoms with Crippen molar-refractivity contribution in [2.45, 2.75) is 6.92 Å². The Balaban J connectivity index is 2.05. The molecule has 0 saturated carbocycles. The predicted molar refractivity (Wildman–Crippen MR) is 96.3 cm³/mol. The number of nitro benzene ring substituents is 1. The van der Waals surface area contributed by atoms with E-state index in [1.165, 1.54) is 39.3 Å². The van der Waals surface area contributed by atoms with Crippen molar-refractivity contribution in [1.29, 1.82) is 0 Å².